The molecular formula is C14H20N4Se. The van der Waals surface area contributed by atoms with Crippen LogP contribution in [0.2, 0.25) is 0 Å². The molecule has 0 radical (unpaired) electrons. The second-order valence-electron chi connectivity index (χ2n) is 5.51. The van der Waals surface area contributed by atoms with Gasteiger partial charge in [-0.25, -0.2) is 0 Å². The van der Waals surface area contributed by atoms with E-state index in [-0.39, 0.29) is 15.0 Å². The van der Waals surface area contributed by atoms with Crippen molar-refractivity contribution in [3.05, 3.63) is 18.2 Å². The normalized spacial score (nSPS) is 19.7. The molecular weight excluding hydrogens is 303 g/mol. The van der Waals surface area contributed by atoms with Crippen molar-refractivity contribution in [2.45, 2.75) is 25.8 Å². The maximum atomic E-state index is 4.53. The zero-order valence-electron chi connectivity index (χ0n) is 11.5. The summed E-state index contributed by atoms with van der Waals surface area (Å²) in [5.74, 6) is 0.760. The van der Waals surface area contributed by atoms with Crippen molar-refractivity contribution < 1.29 is 0 Å². The van der Waals surface area contributed by atoms with Gasteiger partial charge in [0.05, 0.1) is 0 Å². The third-order valence-electron chi connectivity index (χ3n) is 4.14. The second-order valence-corrected chi connectivity index (χ2v) is 6.62. The summed E-state index contributed by atoms with van der Waals surface area (Å²) < 4.78 is 8.97. The summed E-state index contributed by atoms with van der Waals surface area (Å²) in [6.07, 6.45) is 2.57. The average molecular weight is 323 g/mol. The van der Waals surface area contributed by atoms with E-state index < -0.39 is 0 Å². The number of fused-ring (bicyclic) bond motifs is 1. The number of likely N-dealkylation sites (tertiary alicyclic amines) is 1. The Morgan fingerprint density at radius 1 is 1.32 bits per heavy atom. The number of rotatable bonds is 3. The van der Waals surface area contributed by atoms with Crippen LogP contribution in [0.25, 0.3) is 11.0 Å². The second kappa shape index (κ2) is 5.61. The molecule has 1 unspecified atom stereocenters. The number of nitrogens with one attached hydrogen (secondary N) is 1. The van der Waals surface area contributed by atoms with Crippen LogP contribution in [0.15, 0.2) is 18.2 Å². The molecule has 2 aromatic rings. The number of benzene rings is 1. The summed E-state index contributed by atoms with van der Waals surface area (Å²) in [6, 6.07) is 6.76. The number of hydrogen-bond donors (Lipinski definition) is 1. The minimum atomic E-state index is 0.0525. The first-order valence-electron chi connectivity index (χ1n) is 6.90. The van der Waals surface area contributed by atoms with Gasteiger partial charge in [-0.05, 0) is 0 Å². The Morgan fingerprint density at radius 2 is 2.11 bits per heavy atom. The van der Waals surface area contributed by atoms with Gasteiger partial charge in [0.15, 0.2) is 0 Å². The molecule has 19 heavy (non-hydrogen) atoms. The van der Waals surface area contributed by atoms with E-state index in [1.807, 2.05) is 0 Å². The van der Waals surface area contributed by atoms with Crippen molar-refractivity contribution in [1.82, 2.24) is 12.9 Å². The van der Waals surface area contributed by atoms with Crippen molar-refractivity contribution in [3.8, 4) is 0 Å². The van der Waals surface area contributed by atoms with Gasteiger partial charge in [-0.2, -0.15) is 0 Å². The maximum absolute atomic E-state index is 4.53. The third kappa shape index (κ3) is 2.83. The molecule has 2 heterocycles. The van der Waals surface area contributed by atoms with Crippen LogP contribution in [0.1, 0.15) is 19.8 Å². The third-order valence-corrected chi connectivity index (χ3v) is 5.28. The van der Waals surface area contributed by atoms with Gasteiger partial charge in [0, 0.05) is 0 Å². The van der Waals surface area contributed by atoms with Crippen LogP contribution < -0.4 is 5.32 Å². The Hall–Kier alpha value is -0.901. The van der Waals surface area contributed by atoms with Crippen LogP contribution in [0.4, 0.5) is 5.69 Å². The molecule has 1 atom stereocenters. The van der Waals surface area contributed by atoms with Gasteiger partial charge in [-0.15, -0.1) is 0 Å². The topological polar surface area (TPSA) is 41.1 Å². The predicted molar refractivity (Wildman–Crippen MR) is 79.8 cm³/mol. The van der Waals surface area contributed by atoms with E-state index in [0.717, 1.165) is 22.6 Å². The standard InChI is InChI=1S/C14H20N4Se/c1-10(11-6-8-18(2)9-7-11)15-12-4-3-5-13-14(12)17-19-16-13/h3-5,10-11,15H,6-9H2,1-2H3. The van der Waals surface area contributed by atoms with Crippen molar-refractivity contribution in [3.63, 3.8) is 0 Å². The molecule has 1 saturated heterocycles. The fourth-order valence-corrected chi connectivity index (χ4v) is 3.97. The first kappa shape index (κ1) is 13.1. The van der Waals surface area contributed by atoms with E-state index in [9.17, 15) is 0 Å². The summed E-state index contributed by atoms with van der Waals surface area (Å²) in [5, 5.41) is 3.66. The molecule has 0 bridgehead atoms. The number of piperidine rings is 1. The van der Waals surface area contributed by atoms with Gasteiger partial charge < -0.3 is 0 Å². The van der Waals surface area contributed by atoms with Crippen molar-refractivity contribution in [2.24, 2.45) is 5.92 Å². The molecule has 5 heteroatoms. The van der Waals surface area contributed by atoms with E-state index in [1.54, 1.807) is 0 Å². The van der Waals surface area contributed by atoms with Crippen molar-refractivity contribution in [1.29, 1.82) is 0 Å². The van der Waals surface area contributed by atoms with Crippen LogP contribution >= 0.6 is 0 Å². The fourth-order valence-electron chi connectivity index (χ4n) is 2.81. The number of anilines is 1. The predicted octanol–water partition coefficient (Wildman–Crippen LogP) is 1.83. The van der Waals surface area contributed by atoms with Crippen LogP contribution in [-0.2, 0) is 0 Å². The fraction of sp³-hybridized carbons (Fsp3) is 0.571. The first-order chi connectivity index (χ1) is 9.24. The average Bonchev–Trinajstić information content (AvgIpc) is 2.89. The molecule has 4 nitrogen and oxygen atoms in total. The number of aromatic nitrogens is 2. The number of nitrogens with zero attached hydrogens (tertiary/aromatic N) is 3. The van der Waals surface area contributed by atoms with E-state index in [1.165, 1.54) is 25.9 Å². The van der Waals surface area contributed by atoms with Crippen LogP contribution in [0.3, 0.4) is 0 Å². The van der Waals surface area contributed by atoms with Gasteiger partial charge in [0.2, 0.25) is 0 Å². The minimum absolute atomic E-state index is 0.0525. The molecule has 0 aliphatic carbocycles. The van der Waals surface area contributed by atoms with Gasteiger partial charge in [-0.3, -0.25) is 0 Å². The Labute approximate surface area is 120 Å². The quantitative estimate of drug-likeness (QED) is 0.875. The summed E-state index contributed by atoms with van der Waals surface area (Å²) in [7, 11) is 2.21. The zero-order chi connectivity index (χ0) is 13.2. The van der Waals surface area contributed by atoms with E-state index in [4.69, 9.17) is 0 Å². The monoisotopic (exact) mass is 324 g/mol. The van der Waals surface area contributed by atoms with E-state index in [2.05, 4.69) is 50.3 Å². The van der Waals surface area contributed by atoms with Gasteiger partial charge in [0.1, 0.15) is 0 Å². The molecule has 1 aliphatic heterocycles. The molecule has 3 rings (SSSR count). The molecule has 0 spiro atoms. The van der Waals surface area contributed by atoms with Crippen LogP contribution in [0.5, 0.6) is 0 Å². The zero-order valence-corrected chi connectivity index (χ0v) is 13.2. The van der Waals surface area contributed by atoms with E-state index in [0.29, 0.717) is 6.04 Å². The first-order valence-corrected chi connectivity index (χ1v) is 8.43. The molecule has 0 saturated carbocycles. The van der Waals surface area contributed by atoms with Crippen molar-refractivity contribution in [2.75, 3.05) is 25.5 Å². The Kier molecular flexibility index (Phi) is 3.87. The van der Waals surface area contributed by atoms with Crippen LogP contribution in [-0.4, -0.2) is 54.0 Å². The molecule has 1 aromatic carbocycles. The van der Waals surface area contributed by atoms with E-state index >= 15 is 0 Å². The summed E-state index contributed by atoms with van der Waals surface area (Å²) in [4.78, 5) is 2.42. The molecule has 102 valence electrons. The summed E-state index contributed by atoms with van der Waals surface area (Å²) in [6.45, 7) is 4.73. The Morgan fingerprint density at radius 3 is 2.89 bits per heavy atom. The molecule has 1 aliphatic rings. The Balaban J connectivity index is 1.72. The molecule has 0 amide bonds. The van der Waals surface area contributed by atoms with Crippen LogP contribution in [0, 0.1) is 5.92 Å². The van der Waals surface area contributed by atoms with Gasteiger partial charge in [-0.1, -0.05) is 0 Å². The van der Waals surface area contributed by atoms with Gasteiger partial charge >= 0.3 is 120 Å². The van der Waals surface area contributed by atoms with Crippen molar-refractivity contribution >= 4 is 31.7 Å². The molecule has 1 fully saturated rings. The SMILES string of the molecule is CC(Nc1cccc2n[se]nc12)C1CCN(C)CC1. The Bertz CT molecular complexity index is 545. The summed E-state index contributed by atoms with van der Waals surface area (Å²) >= 11 is 0.0525. The number of hydrogen-bond acceptors (Lipinski definition) is 4. The molecule has 1 aromatic heterocycles. The van der Waals surface area contributed by atoms with Gasteiger partial charge in [0.25, 0.3) is 0 Å². The molecule has 1 N–H and O–H groups in total. The summed E-state index contributed by atoms with van der Waals surface area (Å²) in [5.41, 5.74) is 3.29.